The topological polar surface area (TPSA) is 96.7 Å². The van der Waals surface area contributed by atoms with Crippen molar-refractivity contribution >= 4 is 22.5 Å². The normalized spacial score (nSPS) is 13.0. The average molecular weight is 373 g/mol. The Morgan fingerprint density at radius 1 is 1.11 bits per heavy atom. The molecule has 0 unspecified atom stereocenters. The highest BCUT2D eigenvalue weighted by atomic mass is 19.1. The fraction of sp³-hybridized carbons (Fsp3) is 0.0952. The molecule has 6 nitrogen and oxygen atoms in total. The smallest absolute Gasteiger partial charge is 0.254 e. The van der Waals surface area contributed by atoms with Crippen LogP contribution >= 0.6 is 0 Å². The largest absolute Gasteiger partial charge is 0.398 e. The number of fused-ring (bicyclic) bond motifs is 2. The Morgan fingerprint density at radius 2 is 1.96 bits per heavy atom. The van der Waals surface area contributed by atoms with Crippen LogP contribution < -0.4 is 11.1 Å². The molecule has 7 heteroatoms. The Labute approximate surface area is 159 Å². The number of halogens is 1. The minimum atomic E-state index is -0.413. The van der Waals surface area contributed by atoms with E-state index in [2.05, 4.69) is 20.5 Å². The van der Waals surface area contributed by atoms with Gasteiger partial charge in [-0.2, -0.15) is 5.10 Å². The van der Waals surface area contributed by atoms with Gasteiger partial charge >= 0.3 is 0 Å². The minimum Gasteiger partial charge on any atom is -0.398 e. The van der Waals surface area contributed by atoms with Crippen molar-refractivity contribution in [3.8, 4) is 22.4 Å². The highest BCUT2D eigenvalue weighted by Gasteiger charge is 2.29. The highest BCUT2D eigenvalue weighted by Crippen LogP contribution is 2.42. The predicted octanol–water partition coefficient (Wildman–Crippen LogP) is 3.57. The fourth-order valence-electron chi connectivity index (χ4n) is 3.90. The van der Waals surface area contributed by atoms with E-state index in [1.54, 1.807) is 12.3 Å². The summed E-state index contributed by atoms with van der Waals surface area (Å²) in [6.07, 6.45) is 2.92. The van der Waals surface area contributed by atoms with Gasteiger partial charge in [0.05, 0.1) is 34.9 Å². The van der Waals surface area contributed by atoms with Gasteiger partial charge in [-0.1, -0.05) is 6.07 Å². The Balaban J connectivity index is 1.87. The molecule has 0 spiro atoms. The van der Waals surface area contributed by atoms with Gasteiger partial charge in [0.1, 0.15) is 5.82 Å². The van der Waals surface area contributed by atoms with Crippen LogP contribution in [0, 0.1) is 12.7 Å². The lowest BCUT2D eigenvalue weighted by Gasteiger charge is -2.16. The molecule has 4 aromatic rings. The molecule has 138 valence electrons. The Kier molecular flexibility index (Phi) is 3.45. The number of nitrogens with two attached hydrogens (primary N) is 1. The second-order valence-electron chi connectivity index (χ2n) is 6.87. The minimum absolute atomic E-state index is 0.213. The second kappa shape index (κ2) is 5.88. The number of nitrogen functional groups attached to an aromatic ring is 1. The summed E-state index contributed by atoms with van der Waals surface area (Å²) in [5.41, 5.74) is 13.0. The first-order chi connectivity index (χ1) is 13.5. The Morgan fingerprint density at radius 3 is 2.75 bits per heavy atom. The zero-order valence-electron chi connectivity index (χ0n) is 15.0. The number of nitrogens with zero attached hydrogens (tertiary/aromatic N) is 2. The summed E-state index contributed by atoms with van der Waals surface area (Å²) >= 11 is 0. The molecule has 2 aromatic heterocycles. The number of benzene rings is 2. The predicted molar refractivity (Wildman–Crippen MR) is 105 cm³/mol. The van der Waals surface area contributed by atoms with E-state index >= 15 is 0 Å². The van der Waals surface area contributed by atoms with E-state index in [4.69, 9.17) is 5.73 Å². The molecule has 0 atom stereocenters. The monoisotopic (exact) mass is 373 g/mol. The van der Waals surface area contributed by atoms with Gasteiger partial charge in [-0.05, 0) is 47.9 Å². The number of amides is 1. The van der Waals surface area contributed by atoms with Gasteiger partial charge < -0.3 is 11.1 Å². The third-order valence-corrected chi connectivity index (χ3v) is 5.23. The van der Waals surface area contributed by atoms with Crippen LogP contribution in [0.4, 0.5) is 10.1 Å². The van der Waals surface area contributed by atoms with Gasteiger partial charge in [0.15, 0.2) is 0 Å². The third-order valence-electron chi connectivity index (χ3n) is 5.23. The van der Waals surface area contributed by atoms with E-state index in [1.165, 1.54) is 12.3 Å². The molecular weight excluding hydrogens is 357 g/mol. The molecule has 28 heavy (non-hydrogen) atoms. The summed E-state index contributed by atoms with van der Waals surface area (Å²) < 4.78 is 13.4. The molecule has 0 aliphatic carbocycles. The van der Waals surface area contributed by atoms with Crippen LogP contribution in [0.3, 0.4) is 0 Å². The molecule has 2 aromatic carbocycles. The number of hydrogen-bond donors (Lipinski definition) is 3. The van der Waals surface area contributed by atoms with Crippen LogP contribution in [0.5, 0.6) is 0 Å². The molecule has 1 aliphatic rings. The molecular formula is C21H16FN5O. The maximum Gasteiger partial charge on any atom is 0.254 e. The van der Waals surface area contributed by atoms with E-state index in [1.807, 2.05) is 25.1 Å². The summed E-state index contributed by atoms with van der Waals surface area (Å²) in [7, 11) is 0. The van der Waals surface area contributed by atoms with Gasteiger partial charge in [-0.25, -0.2) is 4.39 Å². The molecule has 3 heterocycles. The van der Waals surface area contributed by atoms with Crippen molar-refractivity contribution < 1.29 is 9.18 Å². The Hall–Kier alpha value is -3.74. The number of aromatic nitrogens is 3. The van der Waals surface area contributed by atoms with Crippen molar-refractivity contribution in [3.05, 3.63) is 65.2 Å². The first-order valence-corrected chi connectivity index (χ1v) is 8.83. The number of hydrogen-bond acceptors (Lipinski definition) is 4. The number of anilines is 1. The number of H-pyrrole nitrogens is 1. The van der Waals surface area contributed by atoms with Crippen LogP contribution in [0.15, 0.2) is 42.7 Å². The summed E-state index contributed by atoms with van der Waals surface area (Å²) in [5, 5.41) is 10.9. The lowest BCUT2D eigenvalue weighted by atomic mass is 9.88. The van der Waals surface area contributed by atoms with E-state index in [-0.39, 0.29) is 5.91 Å². The van der Waals surface area contributed by atoms with Crippen molar-refractivity contribution in [2.24, 2.45) is 0 Å². The van der Waals surface area contributed by atoms with Gasteiger partial charge in [-0.3, -0.25) is 14.9 Å². The summed E-state index contributed by atoms with van der Waals surface area (Å²) in [6, 6.07) is 8.84. The number of carbonyl (C=O) groups excluding carboxylic acids is 1. The lowest BCUT2D eigenvalue weighted by molar-refractivity contribution is 0.0966. The van der Waals surface area contributed by atoms with Gasteiger partial charge in [0.2, 0.25) is 0 Å². The maximum absolute atomic E-state index is 13.4. The van der Waals surface area contributed by atoms with Crippen molar-refractivity contribution in [2.75, 3.05) is 5.73 Å². The van der Waals surface area contributed by atoms with Crippen LogP contribution in [0.25, 0.3) is 33.3 Å². The van der Waals surface area contributed by atoms with Crippen molar-refractivity contribution in [2.45, 2.75) is 13.5 Å². The summed E-state index contributed by atoms with van der Waals surface area (Å²) in [6.45, 7) is 2.35. The number of aryl methyl sites for hydroxylation is 1. The first-order valence-electron chi connectivity index (χ1n) is 8.83. The molecule has 0 bridgehead atoms. The average Bonchev–Trinajstić information content (AvgIpc) is 3.31. The van der Waals surface area contributed by atoms with Gasteiger partial charge in [0.25, 0.3) is 5.91 Å². The second-order valence-corrected chi connectivity index (χ2v) is 6.87. The van der Waals surface area contributed by atoms with Gasteiger partial charge in [0, 0.05) is 23.1 Å². The van der Waals surface area contributed by atoms with E-state index in [0.717, 1.165) is 38.7 Å². The van der Waals surface area contributed by atoms with E-state index < -0.39 is 5.82 Å². The first kappa shape index (κ1) is 16.4. The number of aromatic amines is 1. The lowest BCUT2D eigenvalue weighted by Crippen LogP contribution is -2.13. The zero-order valence-corrected chi connectivity index (χ0v) is 15.0. The number of carbonyl (C=O) groups is 1. The molecule has 0 fully saturated rings. The van der Waals surface area contributed by atoms with Crippen molar-refractivity contribution in [1.82, 2.24) is 20.5 Å². The molecule has 1 aliphatic heterocycles. The fourth-order valence-corrected chi connectivity index (χ4v) is 3.90. The summed E-state index contributed by atoms with van der Waals surface area (Å²) in [4.78, 5) is 16.7. The highest BCUT2D eigenvalue weighted by molar-refractivity contribution is 6.10. The maximum atomic E-state index is 13.4. The van der Waals surface area contributed by atoms with Gasteiger partial charge in [-0.15, -0.1) is 0 Å². The number of rotatable bonds is 2. The number of pyridine rings is 1. The molecule has 5 rings (SSSR count). The standard InChI is InChI=1S/C21H16FN5O/c1-10-2-4-17-15(9-26-27-17)18(10)13-6-12(16-5-3-11(22)7-24-16)14-8-25-21(28)19(14)20(13)23/h2-7,9H,8,23H2,1H3,(H,25,28)(H,26,27). The molecule has 0 saturated carbocycles. The SMILES string of the molecule is Cc1ccc2[nH]ncc2c1-c1cc(-c2ccc(F)cn2)c2c(c1N)C(=O)NC2. The molecule has 1 amide bonds. The van der Waals surface area contributed by atoms with E-state index in [9.17, 15) is 9.18 Å². The zero-order chi connectivity index (χ0) is 19.4. The van der Waals surface area contributed by atoms with Crippen LogP contribution in [0.1, 0.15) is 21.5 Å². The van der Waals surface area contributed by atoms with Crippen LogP contribution in [-0.4, -0.2) is 21.1 Å². The molecule has 0 radical (unpaired) electrons. The quantitative estimate of drug-likeness (QED) is 0.468. The van der Waals surface area contributed by atoms with Crippen LogP contribution in [0.2, 0.25) is 0 Å². The molecule has 0 saturated heterocycles. The third kappa shape index (κ3) is 2.29. The van der Waals surface area contributed by atoms with Crippen molar-refractivity contribution in [3.63, 3.8) is 0 Å². The van der Waals surface area contributed by atoms with E-state index in [0.29, 0.717) is 23.5 Å². The van der Waals surface area contributed by atoms with Crippen molar-refractivity contribution in [1.29, 1.82) is 0 Å². The van der Waals surface area contributed by atoms with Crippen LogP contribution in [-0.2, 0) is 6.54 Å². The number of nitrogens with one attached hydrogen (secondary N) is 2. The molecule has 4 N–H and O–H groups in total. The Bertz CT molecular complexity index is 1260. The summed E-state index contributed by atoms with van der Waals surface area (Å²) in [5.74, 6) is -0.626.